The van der Waals surface area contributed by atoms with Crippen LogP contribution in [0.15, 0.2) is 5.10 Å². The van der Waals surface area contributed by atoms with Crippen molar-refractivity contribution in [3.63, 3.8) is 0 Å². The maximum atomic E-state index is 10.0. The first-order valence-corrected chi connectivity index (χ1v) is 2.45. The van der Waals surface area contributed by atoms with Gasteiger partial charge in [0.15, 0.2) is 5.03 Å². The molecule has 1 rings (SSSR count). The monoisotopic (exact) mass is 175 g/mol. The fourth-order valence-electron chi connectivity index (χ4n) is 0.446. The van der Waals surface area contributed by atoms with Crippen LogP contribution in [0.25, 0.3) is 0 Å². The zero-order valence-electron chi connectivity index (χ0n) is 5.32. The molecule has 12 heavy (non-hydrogen) atoms. The summed E-state index contributed by atoms with van der Waals surface area (Å²) in [6.07, 6.45) is 0. The van der Waals surface area contributed by atoms with Gasteiger partial charge in [-0.25, -0.2) is 10.1 Å². The summed E-state index contributed by atoms with van der Waals surface area (Å²) in [5, 5.41) is 28.0. The fraction of sp³-hybridized carbons (Fsp3) is 0. The van der Waals surface area contributed by atoms with E-state index in [0.29, 0.717) is 0 Å². The molecule has 0 bridgehead atoms. The molecule has 1 N–H and O–H groups in total. The minimum Gasteiger partial charge on any atom is -0.339 e. The smallest absolute Gasteiger partial charge is 0.339 e. The average Bonchev–Trinajstić information content (AvgIpc) is 2.33. The molecule has 0 unspecified atom stereocenters. The Bertz CT molecular complexity index is 371. The predicted octanol–water partition coefficient (Wildman–Crippen LogP) is -2.26. The third-order valence-corrected chi connectivity index (χ3v) is 0.800. The highest BCUT2D eigenvalue weighted by Crippen LogP contribution is 1.68. The Morgan fingerprint density at radius 3 is 2.67 bits per heavy atom. The van der Waals surface area contributed by atoms with Gasteiger partial charge in [0.1, 0.15) is 9.89 Å². The number of aromatic nitrogens is 4. The van der Waals surface area contributed by atoms with Crippen LogP contribution in [0.5, 0.6) is 0 Å². The summed E-state index contributed by atoms with van der Waals surface area (Å²) >= 11 is 0. The Balaban J connectivity index is 3.25. The molecule has 0 spiro atoms. The van der Waals surface area contributed by atoms with Crippen LogP contribution in [0.3, 0.4) is 0 Å². The Morgan fingerprint density at radius 1 is 1.50 bits per heavy atom. The average molecular weight is 175 g/mol. The van der Waals surface area contributed by atoms with E-state index in [1.54, 1.807) is 0 Å². The van der Waals surface area contributed by atoms with E-state index in [9.17, 15) is 20.2 Å². The number of aromatic amines is 1. The van der Waals surface area contributed by atoms with Gasteiger partial charge in [0, 0.05) is 0 Å². The van der Waals surface area contributed by atoms with E-state index in [0.717, 1.165) is 0 Å². The molecular formula is CHN7O4. The van der Waals surface area contributed by atoms with E-state index >= 15 is 0 Å². The first-order chi connectivity index (χ1) is 5.61. The lowest BCUT2D eigenvalue weighted by molar-refractivity contribution is -0.562. The topological polar surface area (TPSA) is 145 Å². The number of hydrogen-bond acceptors (Lipinski definition) is 6. The number of nitro groups is 2. The van der Waals surface area contributed by atoms with Gasteiger partial charge in [-0.1, -0.05) is 0 Å². The molecule has 11 nitrogen and oxygen atoms in total. The largest absolute Gasteiger partial charge is 0.385 e. The molecule has 1 heterocycles. The molecule has 0 radical (unpaired) electrons. The number of nitrogens with one attached hydrogen (secondary N) is 1. The summed E-state index contributed by atoms with van der Waals surface area (Å²) in [6.45, 7) is 0. The lowest BCUT2D eigenvalue weighted by Crippen LogP contribution is -2.27. The van der Waals surface area contributed by atoms with Crippen LogP contribution in [0.4, 0.5) is 0 Å². The zero-order valence-corrected chi connectivity index (χ0v) is 5.32. The van der Waals surface area contributed by atoms with Gasteiger partial charge in [-0.15, -0.1) is 0 Å². The Hall–Kier alpha value is -2.33. The van der Waals surface area contributed by atoms with E-state index in [1.807, 2.05) is 5.10 Å². The predicted molar refractivity (Wildman–Crippen MR) is 29.3 cm³/mol. The van der Waals surface area contributed by atoms with Crippen molar-refractivity contribution >= 4 is 0 Å². The minimum absolute atomic E-state index is 0.0444. The van der Waals surface area contributed by atoms with E-state index in [4.69, 9.17) is 0 Å². The first kappa shape index (κ1) is 7.77. The van der Waals surface area contributed by atoms with Crippen LogP contribution in [0.2, 0.25) is 0 Å². The fourth-order valence-corrected chi connectivity index (χ4v) is 0.446. The van der Waals surface area contributed by atoms with Crippen molar-refractivity contribution in [3.8, 4) is 0 Å². The number of hydrogen-bond donors (Lipinski definition) is 1. The highest BCUT2D eigenvalue weighted by atomic mass is 16.7. The van der Waals surface area contributed by atoms with Gasteiger partial charge in [0.2, 0.25) is 5.21 Å². The van der Waals surface area contributed by atoms with Crippen LogP contribution in [-0.4, -0.2) is 30.4 Å². The SMILES string of the molecule is O=[N+]([O-])/N=c1\[nH]nnn1[N+](=O)[O-]. The van der Waals surface area contributed by atoms with Gasteiger partial charge in [0.25, 0.3) is 0 Å². The van der Waals surface area contributed by atoms with Gasteiger partial charge in [-0.05, 0) is 0 Å². The molecule has 0 aliphatic heterocycles. The van der Waals surface area contributed by atoms with Crippen molar-refractivity contribution in [1.29, 1.82) is 0 Å². The quantitative estimate of drug-likeness (QED) is 0.396. The lowest BCUT2D eigenvalue weighted by atomic mass is 11.2. The minimum atomic E-state index is -1.10. The van der Waals surface area contributed by atoms with E-state index in [-0.39, 0.29) is 4.79 Å². The maximum absolute atomic E-state index is 10.0. The van der Waals surface area contributed by atoms with Crippen LogP contribution >= 0.6 is 0 Å². The van der Waals surface area contributed by atoms with Gasteiger partial charge in [-0.3, -0.25) is 0 Å². The second-order valence-electron chi connectivity index (χ2n) is 1.49. The summed E-state index contributed by atoms with van der Waals surface area (Å²) in [4.78, 5) is 19.8. The molecule has 0 aliphatic rings. The summed E-state index contributed by atoms with van der Waals surface area (Å²) < 4.78 is 0. The van der Waals surface area contributed by atoms with Crippen molar-refractivity contribution < 1.29 is 10.1 Å². The number of H-pyrrole nitrogens is 1. The van der Waals surface area contributed by atoms with Crippen LogP contribution in [0.1, 0.15) is 0 Å². The molecule has 0 atom stereocenters. The van der Waals surface area contributed by atoms with E-state index in [2.05, 4.69) is 15.5 Å². The van der Waals surface area contributed by atoms with Gasteiger partial charge in [0.05, 0.1) is 10.2 Å². The second-order valence-corrected chi connectivity index (χ2v) is 1.49. The second kappa shape index (κ2) is 2.73. The summed E-state index contributed by atoms with van der Waals surface area (Å²) in [6, 6.07) is 0. The molecule has 0 aromatic carbocycles. The van der Waals surface area contributed by atoms with Gasteiger partial charge in [-0.2, -0.15) is 5.10 Å². The van der Waals surface area contributed by atoms with Gasteiger partial charge < -0.3 is 10.1 Å². The van der Waals surface area contributed by atoms with Gasteiger partial charge >= 0.3 is 5.62 Å². The lowest BCUT2D eigenvalue weighted by Gasteiger charge is -1.84. The normalized spacial score (nSPS) is 11.5. The molecule has 64 valence electrons. The molecule has 0 saturated heterocycles. The molecule has 1 aromatic rings. The summed E-state index contributed by atoms with van der Waals surface area (Å²) in [5.41, 5.74) is -0.662. The molecular weight excluding hydrogens is 174 g/mol. The summed E-state index contributed by atoms with van der Waals surface area (Å²) in [7, 11) is 0. The molecule has 0 aliphatic carbocycles. The molecule has 0 saturated carbocycles. The highest BCUT2D eigenvalue weighted by Gasteiger charge is 2.10. The molecule has 0 fully saturated rings. The number of rotatable bonds is 2. The molecule has 1 aromatic heterocycles. The zero-order chi connectivity index (χ0) is 9.14. The molecule has 0 amide bonds. The van der Waals surface area contributed by atoms with Crippen LogP contribution < -0.4 is 5.62 Å². The summed E-state index contributed by atoms with van der Waals surface area (Å²) in [5.74, 6) is 0. The van der Waals surface area contributed by atoms with Crippen molar-refractivity contribution in [3.05, 3.63) is 25.8 Å². The Labute approximate surface area is 62.6 Å². The standard InChI is InChI=1S/CHN7O4/c9-7(10)3-1-2-4-5-6(1)8(11)12/h(H,2,3,5). The van der Waals surface area contributed by atoms with Crippen molar-refractivity contribution in [2.45, 2.75) is 0 Å². The maximum Gasteiger partial charge on any atom is 0.385 e. The Kier molecular flexibility index (Phi) is 1.77. The third kappa shape index (κ3) is 1.39. The van der Waals surface area contributed by atoms with E-state index < -0.39 is 15.7 Å². The van der Waals surface area contributed by atoms with Crippen LogP contribution in [-0.2, 0) is 0 Å². The number of tetrazole rings is 1. The number of nitrogens with zero attached hydrogens (tertiary/aromatic N) is 6. The Morgan fingerprint density at radius 2 is 2.17 bits per heavy atom. The van der Waals surface area contributed by atoms with Crippen molar-refractivity contribution in [2.24, 2.45) is 5.10 Å². The third-order valence-electron chi connectivity index (χ3n) is 0.800. The first-order valence-electron chi connectivity index (χ1n) is 2.45. The van der Waals surface area contributed by atoms with Crippen molar-refractivity contribution in [2.75, 3.05) is 0 Å². The van der Waals surface area contributed by atoms with Crippen molar-refractivity contribution in [1.82, 2.24) is 20.3 Å². The highest BCUT2D eigenvalue weighted by molar-refractivity contribution is 4.37. The van der Waals surface area contributed by atoms with E-state index in [1.165, 1.54) is 0 Å². The van der Waals surface area contributed by atoms with Crippen LogP contribution in [0, 0.1) is 20.2 Å². The molecule has 11 heteroatoms.